The van der Waals surface area contributed by atoms with Gasteiger partial charge in [0, 0.05) is 23.3 Å². The van der Waals surface area contributed by atoms with Gasteiger partial charge in [0.05, 0.1) is 0 Å². The van der Waals surface area contributed by atoms with Crippen molar-refractivity contribution in [3.63, 3.8) is 0 Å². The van der Waals surface area contributed by atoms with E-state index >= 15 is 0 Å². The standard InChI is InChI=1S/C16H21F4NO3S/c1-15(2,3)25(24)21-16(4,12(19)8-11(18)14(22)23)9-6-5-7-10(17)13(9)20/h5-7,11-12,21H,8H2,1-4H3,(H,22,23)/t11-,12+,16-,25-/m1/s1. The van der Waals surface area contributed by atoms with Crippen molar-refractivity contribution in [2.45, 2.75) is 56.7 Å². The van der Waals surface area contributed by atoms with Gasteiger partial charge in [-0.1, -0.05) is 12.1 Å². The number of hydrogen-bond acceptors (Lipinski definition) is 3. The lowest BCUT2D eigenvalue weighted by atomic mass is 9.85. The fourth-order valence-electron chi connectivity index (χ4n) is 2.06. The fraction of sp³-hybridized carbons (Fsp3) is 0.562. The Morgan fingerprint density at radius 3 is 2.32 bits per heavy atom. The van der Waals surface area contributed by atoms with Crippen LogP contribution in [0.2, 0.25) is 0 Å². The van der Waals surface area contributed by atoms with E-state index in [2.05, 4.69) is 4.72 Å². The summed E-state index contributed by atoms with van der Waals surface area (Å²) < 4.78 is 69.9. The number of rotatable bonds is 7. The molecule has 0 fully saturated rings. The maximum Gasteiger partial charge on any atom is 0.338 e. The molecule has 1 rings (SSSR count). The van der Waals surface area contributed by atoms with E-state index in [0.29, 0.717) is 0 Å². The highest BCUT2D eigenvalue weighted by Crippen LogP contribution is 2.35. The molecule has 2 N–H and O–H groups in total. The van der Waals surface area contributed by atoms with Crippen LogP contribution >= 0.6 is 0 Å². The van der Waals surface area contributed by atoms with E-state index in [4.69, 9.17) is 5.11 Å². The molecule has 142 valence electrons. The quantitative estimate of drug-likeness (QED) is 0.559. The molecule has 0 bridgehead atoms. The molecule has 1 aromatic carbocycles. The van der Waals surface area contributed by atoms with Gasteiger partial charge in [-0.25, -0.2) is 22.4 Å². The van der Waals surface area contributed by atoms with Gasteiger partial charge in [0.25, 0.3) is 0 Å². The zero-order valence-corrected chi connectivity index (χ0v) is 15.1. The van der Waals surface area contributed by atoms with Crippen LogP contribution in [0.1, 0.15) is 39.7 Å². The van der Waals surface area contributed by atoms with E-state index in [-0.39, 0.29) is 0 Å². The van der Waals surface area contributed by atoms with Crippen molar-refractivity contribution in [2.75, 3.05) is 0 Å². The van der Waals surface area contributed by atoms with Crippen molar-refractivity contribution >= 4 is 17.3 Å². The van der Waals surface area contributed by atoms with Crippen molar-refractivity contribution < 1.29 is 32.0 Å². The Morgan fingerprint density at radius 1 is 1.28 bits per heavy atom. The van der Waals surface area contributed by atoms with Crippen LogP contribution in [-0.2, 0) is 21.7 Å². The lowest BCUT2D eigenvalue weighted by Crippen LogP contribution is -2.55. The molecule has 0 aliphatic carbocycles. The summed E-state index contributed by atoms with van der Waals surface area (Å²) in [7, 11) is 0. The van der Waals surface area contributed by atoms with E-state index in [9.17, 15) is 26.9 Å². The molecule has 0 aliphatic heterocycles. The minimum Gasteiger partial charge on any atom is -0.598 e. The van der Waals surface area contributed by atoms with Gasteiger partial charge < -0.3 is 9.66 Å². The minimum atomic E-state index is -2.55. The predicted octanol–water partition coefficient (Wildman–Crippen LogP) is 3.38. The Morgan fingerprint density at radius 2 is 1.84 bits per heavy atom. The second-order valence-electron chi connectivity index (χ2n) is 6.80. The first-order valence-corrected chi connectivity index (χ1v) is 8.60. The molecule has 0 saturated heterocycles. The van der Waals surface area contributed by atoms with Crippen LogP contribution in [-0.4, -0.2) is 32.7 Å². The van der Waals surface area contributed by atoms with Gasteiger partial charge in [-0.15, -0.1) is 4.72 Å². The molecule has 1 aromatic rings. The van der Waals surface area contributed by atoms with Crippen molar-refractivity contribution in [1.82, 2.24) is 4.72 Å². The largest absolute Gasteiger partial charge is 0.598 e. The molecule has 0 saturated carbocycles. The van der Waals surface area contributed by atoms with E-state index in [1.54, 1.807) is 20.8 Å². The van der Waals surface area contributed by atoms with Crippen LogP contribution in [0.25, 0.3) is 0 Å². The van der Waals surface area contributed by atoms with Crippen molar-refractivity contribution in [3.05, 3.63) is 35.4 Å². The third-order valence-electron chi connectivity index (χ3n) is 3.68. The number of carboxylic acids is 1. The highest BCUT2D eigenvalue weighted by atomic mass is 32.2. The predicted molar refractivity (Wildman–Crippen MR) is 86.8 cm³/mol. The molecule has 25 heavy (non-hydrogen) atoms. The minimum absolute atomic E-state index is 0.504. The number of carboxylic acid groups (broad SMARTS) is 1. The van der Waals surface area contributed by atoms with E-state index in [1.807, 2.05) is 0 Å². The molecular weight excluding hydrogens is 362 g/mol. The molecule has 0 amide bonds. The summed E-state index contributed by atoms with van der Waals surface area (Å²) in [6.45, 7) is 5.80. The SMILES string of the molecule is CC(C)(C)[S@@+]([O-])N[C@](C)(c1cccc(F)c1F)[C@@H](F)C[C@@H](F)C(=O)O. The summed E-state index contributed by atoms with van der Waals surface area (Å²) in [6.07, 6.45) is -5.95. The van der Waals surface area contributed by atoms with Crippen LogP contribution < -0.4 is 4.72 Å². The zero-order chi connectivity index (χ0) is 19.6. The van der Waals surface area contributed by atoms with Crippen molar-refractivity contribution in [3.8, 4) is 0 Å². The number of carbonyl (C=O) groups is 1. The second kappa shape index (κ2) is 7.92. The molecule has 4 nitrogen and oxygen atoms in total. The van der Waals surface area contributed by atoms with Crippen molar-refractivity contribution in [2.24, 2.45) is 0 Å². The topological polar surface area (TPSA) is 72.4 Å². The first-order valence-electron chi connectivity index (χ1n) is 7.45. The first-order chi connectivity index (χ1) is 11.3. The highest BCUT2D eigenvalue weighted by molar-refractivity contribution is 7.90. The number of alkyl halides is 2. The average molecular weight is 383 g/mol. The second-order valence-corrected chi connectivity index (χ2v) is 8.76. The van der Waals surface area contributed by atoms with Gasteiger partial charge in [-0.05, 0) is 33.8 Å². The van der Waals surface area contributed by atoms with Gasteiger partial charge in [-0.2, -0.15) is 0 Å². The van der Waals surface area contributed by atoms with Crippen LogP contribution in [0.5, 0.6) is 0 Å². The maximum absolute atomic E-state index is 14.8. The Kier molecular flexibility index (Phi) is 6.88. The molecule has 0 unspecified atom stereocenters. The third kappa shape index (κ3) is 5.08. The number of aliphatic carboxylic acids is 1. The molecular formula is C16H21F4NO3S. The maximum atomic E-state index is 14.8. The smallest absolute Gasteiger partial charge is 0.338 e. The summed E-state index contributed by atoms with van der Waals surface area (Å²) in [5.74, 6) is -4.51. The zero-order valence-electron chi connectivity index (χ0n) is 14.3. The van der Waals surface area contributed by atoms with Gasteiger partial charge in [0.2, 0.25) is 0 Å². The third-order valence-corrected chi connectivity index (χ3v) is 5.40. The molecule has 0 heterocycles. The molecule has 0 aromatic heterocycles. The van der Waals surface area contributed by atoms with Crippen LogP contribution in [0, 0.1) is 11.6 Å². The fourth-order valence-corrected chi connectivity index (χ4v) is 2.99. The number of nitrogens with one attached hydrogen (secondary N) is 1. The molecule has 0 aliphatic rings. The van der Waals surface area contributed by atoms with Crippen molar-refractivity contribution in [1.29, 1.82) is 0 Å². The lowest BCUT2D eigenvalue weighted by molar-refractivity contribution is -0.143. The Bertz CT molecular complexity index is 626. The Hall–Kier alpha value is -1.32. The monoisotopic (exact) mass is 383 g/mol. The van der Waals surface area contributed by atoms with Crippen LogP contribution in [0.15, 0.2) is 18.2 Å². The van der Waals surface area contributed by atoms with Gasteiger partial charge in [-0.3, -0.25) is 0 Å². The summed E-state index contributed by atoms with van der Waals surface area (Å²) in [6, 6.07) is 3.03. The molecule has 0 spiro atoms. The lowest BCUT2D eigenvalue weighted by Gasteiger charge is -2.37. The van der Waals surface area contributed by atoms with E-state index in [1.165, 1.54) is 0 Å². The van der Waals surface area contributed by atoms with Gasteiger partial charge in [0.15, 0.2) is 17.8 Å². The van der Waals surface area contributed by atoms with Crippen LogP contribution in [0.4, 0.5) is 17.6 Å². The van der Waals surface area contributed by atoms with Crippen LogP contribution in [0.3, 0.4) is 0 Å². The number of hydrogen-bond donors (Lipinski definition) is 2. The summed E-state index contributed by atoms with van der Waals surface area (Å²) in [5.41, 5.74) is -2.61. The first kappa shape index (κ1) is 21.7. The summed E-state index contributed by atoms with van der Waals surface area (Å²) in [4.78, 5) is 10.6. The average Bonchev–Trinajstić information content (AvgIpc) is 2.48. The molecule has 0 radical (unpaired) electrons. The van der Waals surface area contributed by atoms with E-state index < -0.39 is 63.6 Å². The Labute approximate surface area is 146 Å². The highest BCUT2D eigenvalue weighted by Gasteiger charge is 2.46. The molecule has 4 atom stereocenters. The summed E-state index contributed by atoms with van der Waals surface area (Å²) >= 11 is -1.92. The molecule has 9 heteroatoms. The number of halogens is 4. The van der Waals surface area contributed by atoms with E-state index in [0.717, 1.165) is 25.1 Å². The van der Waals surface area contributed by atoms with Gasteiger partial charge in [0.1, 0.15) is 16.5 Å². The van der Waals surface area contributed by atoms with Gasteiger partial charge >= 0.3 is 5.97 Å². The normalized spacial score (nSPS) is 18.3. The summed E-state index contributed by atoms with van der Waals surface area (Å²) in [5, 5.41) is 8.62. The Balaban J connectivity index is 3.35. The number of benzene rings is 1.